The van der Waals surface area contributed by atoms with Crippen molar-refractivity contribution in [1.29, 1.82) is 0 Å². The lowest BCUT2D eigenvalue weighted by molar-refractivity contribution is 0.276. The molecule has 0 fully saturated rings. The Kier molecular flexibility index (Phi) is 2.75. The number of fused-ring (bicyclic) bond motifs is 1. The number of aromatic nitrogens is 3. The molecule has 80 valence electrons. The smallest absolute Gasteiger partial charge is 0.350 e. The van der Waals surface area contributed by atoms with E-state index in [4.69, 9.17) is 16.7 Å². The average Bonchev–Trinajstić information content (AvgIpc) is 2.55. The van der Waals surface area contributed by atoms with Crippen LogP contribution in [0.2, 0.25) is 5.02 Å². The standard InChI is InChI=1S/C9H10ClN3O2/c10-7-3-1-4-12-8(7)11-13(9(12)15)5-2-6-14/h1,3-4,14H,2,5-6H2. The highest BCUT2D eigenvalue weighted by Crippen LogP contribution is 2.12. The summed E-state index contributed by atoms with van der Waals surface area (Å²) >= 11 is 5.89. The summed E-state index contributed by atoms with van der Waals surface area (Å²) in [6.45, 7) is 0.432. The molecule has 2 heterocycles. The fraction of sp³-hybridized carbons (Fsp3) is 0.333. The van der Waals surface area contributed by atoms with Crippen LogP contribution in [0.4, 0.5) is 0 Å². The van der Waals surface area contributed by atoms with E-state index in [1.165, 1.54) is 9.08 Å². The molecule has 0 aliphatic carbocycles. The summed E-state index contributed by atoms with van der Waals surface area (Å²) < 4.78 is 2.69. The van der Waals surface area contributed by atoms with Gasteiger partial charge >= 0.3 is 5.69 Å². The topological polar surface area (TPSA) is 59.5 Å². The Balaban J connectivity index is 2.54. The predicted molar refractivity (Wildman–Crippen MR) is 56.2 cm³/mol. The van der Waals surface area contributed by atoms with Gasteiger partial charge in [0.05, 0.1) is 5.02 Å². The highest BCUT2D eigenvalue weighted by Gasteiger charge is 2.08. The maximum atomic E-state index is 11.7. The molecule has 2 rings (SSSR count). The molecule has 15 heavy (non-hydrogen) atoms. The minimum Gasteiger partial charge on any atom is -0.396 e. The highest BCUT2D eigenvalue weighted by molar-refractivity contribution is 6.33. The predicted octanol–water partition coefficient (Wildman–Crippen LogP) is 0.532. The molecule has 5 nitrogen and oxygen atoms in total. The van der Waals surface area contributed by atoms with Gasteiger partial charge in [-0.2, -0.15) is 0 Å². The molecular formula is C9H10ClN3O2. The number of rotatable bonds is 3. The lowest BCUT2D eigenvalue weighted by atomic mass is 10.5. The normalized spacial score (nSPS) is 11.1. The van der Waals surface area contributed by atoms with Crippen molar-refractivity contribution in [3.05, 3.63) is 33.8 Å². The van der Waals surface area contributed by atoms with Crippen molar-refractivity contribution >= 4 is 17.2 Å². The minimum atomic E-state index is -0.235. The zero-order valence-electron chi connectivity index (χ0n) is 7.93. The molecule has 0 amide bonds. The third-order valence-corrected chi connectivity index (χ3v) is 2.38. The van der Waals surface area contributed by atoms with Crippen molar-refractivity contribution in [3.63, 3.8) is 0 Å². The van der Waals surface area contributed by atoms with Crippen molar-refractivity contribution in [3.8, 4) is 0 Å². The first-order valence-corrected chi connectivity index (χ1v) is 4.96. The Bertz CT molecular complexity index is 532. The van der Waals surface area contributed by atoms with Gasteiger partial charge in [0.1, 0.15) is 0 Å². The molecule has 2 aromatic rings. The summed E-state index contributed by atoms with van der Waals surface area (Å²) in [6, 6.07) is 3.37. The van der Waals surface area contributed by atoms with Gasteiger partial charge in [-0.1, -0.05) is 11.6 Å². The quantitative estimate of drug-likeness (QED) is 0.832. The fourth-order valence-electron chi connectivity index (χ4n) is 1.37. The van der Waals surface area contributed by atoms with Crippen LogP contribution in [0.1, 0.15) is 6.42 Å². The molecule has 0 atom stereocenters. The number of pyridine rings is 1. The van der Waals surface area contributed by atoms with Gasteiger partial charge in [0.15, 0.2) is 5.65 Å². The third kappa shape index (κ3) is 1.75. The number of aliphatic hydroxyl groups excluding tert-OH is 1. The van der Waals surface area contributed by atoms with Crippen molar-refractivity contribution in [2.45, 2.75) is 13.0 Å². The first-order chi connectivity index (χ1) is 7.24. The van der Waals surface area contributed by atoms with Crippen molar-refractivity contribution in [2.75, 3.05) is 6.61 Å². The van der Waals surface area contributed by atoms with Gasteiger partial charge in [-0.25, -0.2) is 13.9 Å². The zero-order chi connectivity index (χ0) is 10.8. The van der Waals surface area contributed by atoms with Crippen molar-refractivity contribution in [1.82, 2.24) is 14.2 Å². The van der Waals surface area contributed by atoms with Crippen LogP contribution in [-0.2, 0) is 6.54 Å². The van der Waals surface area contributed by atoms with E-state index in [0.29, 0.717) is 23.6 Å². The van der Waals surface area contributed by atoms with Crippen LogP contribution in [0.25, 0.3) is 5.65 Å². The van der Waals surface area contributed by atoms with Gasteiger partial charge in [-0.3, -0.25) is 0 Å². The first kappa shape index (κ1) is 10.2. The Labute approximate surface area is 90.5 Å². The molecule has 0 saturated heterocycles. The molecule has 6 heteroatoms. The van der Waals surface area contributed by atoms with E-state index >= 15 is 0 Å². The summed E-state index contributed by atoms with van der Waals surface area (Å²) in [5, 5.41) is 13.2. The maximum absolute atomic E-state index is 11.7. The summed E-state index contributed by atoms with van der Waals surface area (Å²) in [5.41, 5.74) is 0.211. The molecule has 0 aliphatic heterocycles. The molecule has 0 bridgehead atoms. The van der Waals surface area contributed by atoms with Crippen LogP contribution in [-0.4, -0.2) is 25.9 Å². The number of aryl methyl sites for hydroxylation is 1. The lowest BCUT2D eigenvalue weighted by Crippen LogP contribution is -2.21. The fourth-order valence-corrected chi connectivity index (χ4v) is 1.57. The second-order valence-corrected chi connectivity index (χ2v) is 3.54. The SMILES string of the molecule is O=c1n(CCCO)nc2c(Cl)cccn12. The van der Waals surface area contributed by atoms with E-state index in [-0.39, 0.29) is 12.3 Å². The van der Waals surface area contributed by atoms with Gasteiger partial charge in [0.25, 0.3) is 0 Å². The Hall–Kier alpha value is -1.33. The van der Waals surface area contributed by atoms with Gasteiger partial charge in [0.2, 0.25) is 0 Å². The summed E-state index contributed by atoms with van der Waals surface area (Å²) in [6.07, 6.45) is 2.12. The average molecular weight is 228 g/mol. The summed E-state index contributed by atoms with van der Waals surface area (Å²) in [5.74, 6) is 0. The van der Waals surface area contributed by atoms with Crippen molar-refractivity contribution < 1.29 is 5.11 Å². The van der Waals surface area contributed by atoms with E-state index < -0.39 is 0 Å². The maximum Gasteiger partial charge on any atom is 0.350 e. The molecule has 0 saturated carbocycles. The number of nitrogens with zero attached hydrogens (tertiary/aromatic N) is 3. The highest BCUT2D eigenvalue weighted by atomic mass is 35.5. The van der Waals surface area contributed by atoms with E-state index in [1.807, 2.05) is 0 Å². The molecule has 0 spiro atoms. The third-order valence-electron chi connectivity index (χ3n) is 2.09. The Morgan fingerprint density at radius 3 is 3.00 bits per heavy atom. The van der Waals surface area contributed by atoms with Gasteiger partial charge < -0.3 is 5.11 Å². The van der Waals surface area contributed by atoms with E-state index in [9.17, 15) is 4.79 Å². The number of halogens is 1. The van der Waals surface area contributed by atoms with Crippen LogP contribution in [0, 0.1) is 0 Å². The molecule has 2 aromatic heterocycles. The molecular weight excluding hydrogens is 218 g/mol. The van der Waals surface area contributed by atoms with Gasteiger partial charge in [0, 0.05) is 19.3 Å². The number of hydrogen-bond donors (Lipinski definition) is 1. The largest absolute Gasteiger partial charge is 0.396 e. The van der Waals surface area contributed by atoms with Crippen molar-refractivity contribution in [2.24, 2.45) is 0 Å². The van der Waals surface area contributed by atoms with E-state index in [1.54, 1.807) is 18.3 Å². The van der Waals surface area contributed by atoms with Gasteiger partial charge in [-0.15, -0.1) is 5.10 Å². The van der Waals surface area contributed by atoms with Crippen LogP contribution in [0.15, 0.2) is 23.1 Å². The summed E-state index contributed by atoms with van der Waals surface area (Å²) in [4.78, 5) is 11.7. The second-order valence-electron chi connectivity index (χ2n) is 3.13. The molecule has 0 aromatic carbocycles. The molecule has 0 radical (unpaired) electrons. The monoisotopic (exact) mass is 227 g/mol. The Morgan fingerprint density at radius 1 is 1.53 bits per heavy atom. The number of aliphatic hydroxyl groups is 1. The lowest BCUT2D eigenvalue weighted by Gasteiger charge is -1.93. The Morgan fingerprint density at radius 2 is 2.33 bits per heavy atom. The summed E-state index contributed by atoms with van der Waals surface area (Å²) in [7, 11) is 0. The zero-order valence-corrected chi connectivity index (χ0v) is 8.68. The van der Waals surface area contributed by atoms with E-state index in [2.05, 4.69) is 5.10 Å². The van der Waals surface area contributed by atoms with Crippen LogP contribution < -0.4 is 5.69 Å². The van der Waals surface area contributed by atoms with Crippen LogP contribution in [0.5, 0.6) is 0 Å². The number of hydrogen-bond acceptors (Lipinski definition) is 3. The van der Waals surface area contributed by atoms with Crippen LogP contribution >= 0.6 is 11.6 Å². The second kappa shape index (κ2) is 4.04. The minimum absolute atomic E-state index is 0.0358. The van der Waals surface area contributed by atoms with E-state index in [0.717, 1.165) is 0 Å². The molecule has 1 N–H and O–H groups in total. The first-order valence-electron chi connectivity index (χ1n) is 4.58. The molecule has 0 aliphatic rings. The van der Waals surface area contributed by atoms with Gasteiger partial charge in [-0.05, 0) is 18.6 Å². The molecule has 0 unspecified atom stereocenters. The van der Waals surface area contributed by atoms with Crippen LogP contribution in [0.3, 0.4) is 0 Å².